The number of fused-ring (bicyclic) bond motifs is 1. The number of halogens is 1. The van der Waals surface area contributed by atoms with E-state index in [2.05, 4.69) is 30.6 Å². The van der Waals surface area contributed by atoms with E-state index in [1.807, 2.05) is 57.8 Å². The number of rotatable bonds is 2. The number of nitrogens with zero attached hydrogens (tertiary/aromatic N) is 5. The molecule has 2 aliphatic heterocycles. The summed E-state index contributed by atoms with van der Waals surface area (Å²) in [5, 5.41) is 6.91. The smallest absolute Gasteiger partial charge is 0.280 e. The summed E-state index contributed by atoms with van der Waals surface area (Å²) < 4.78 is 0.397. The van der Waals surface area contributed by atoms with E-state index >= 15 is 0 Å². The minimum atomic E-state index is -0.511. The minimum absolute atomic E-state index is 0.00552. The number of likely N-dealkylation sites (tertiary alicyclic amines) is 1. The van der Waals surface area contributed by atoms with Crippen molar-refractivity contribution in [2.45, 2.75) is 18.4 Å². The third-order valence-corrected chi connectivity index (χ3v) is 6.95. The Morgan fingerprint density at radius 2 is 1.88 bits per heavy atom. The summed E-state index contributed by atoms with van der Waals surface area (Å²) in [4.78, 5) is 44.6. The number of aromatic nitrogens is 3. The largest absolute Gasteiger partial charge is 0.382 e. The van der Waals surface area contributed by atoms with Crippen LogP contribution in [0.4, 0.5) is 11.6 Å². The summed E-state index contributed by atoms with van der Waals surface area (Å²) >= 11 is 1.89. The van der Waals surface area contributed by atoms with Crippen LogP contribution in [0.5, 0.6) is 0 Å². The van der Waals surface area contributed by atoms with Crippen molar-refractivity contribution in [3.63, 3.8) is 0 Å². The first kappa shape index (κ1) is 22.3. The van der Waals surface area contributed by atoms with Gasteiger partial charge in [0.05, 0.1) is 17.6 Å². The first-order chi connectivity index (χ1) is 16.3. The van der Waals surface area contributed by atoms with E-state index < -0.39 is 5.91 Å². The molecule has 0 atom stereocenters. The minimum Gasteiger partial charge on any atom is -0.382 e. The molecule has 4 heterocycles. The topological polar surface area (TPSA) is 165 Å². The molecule has 3 aromatic rings. The third-order valence-electron chi connectivity index (χ3n) is 6.16. The normalized spacial score (nSPS) is 16.9. The molecule has 1 spiro atoms. The Labute approximate surface area is 208 Å². The molecule has 0 bridgehead atoms. The van der Waals surface area contributed by atoms with E-state index in [-0.39, 0.29) is 28.8 Å². The van der Waals surface area contributed by atoms with Crippen molar-refractivity contribution in [1.29, 1.82) is 0 Å². The maximum absolute atomic E-state index is 13.2. The summed E-state index contributed by atoms with van der Waals surface area (Å²) in [6, 6.07) is 9.35. The van der Waals surface area contributed by atoms with Crippen molar-refractivity contribution in [3.8, 4) is 0 Å². The van der Waals surface area contributed by atoms with Gasteiger partial charge in [0.2, 0.25) is 0 Å². The van der Waals surface area contributed by atoms with Gasteiger partial charge in [0.1, 0.15) is 3.70 Å². The van der Waals surface area contributed by atoms with Crippen molar-refractivity contribution in [3.05, 3.63) is 51.5 Å². The highest BCUT2D eigenvalue weighted by atomic mass is 127. The summed E-state index contributed by atoms with van der Waals surface area (Å²) in [7, 11) is 0. The van der Waals surface area contributed by atoms with Gasteiger partial charge in [-0.15, -0.1) is 0 Å². The number of hydrogen-bond donors (Lipinski definition) is 4. The summed E-state index contributed by atoms with van der Waals surface area (Å²) in [6.45, 7) is 1.66. The molecule has 6 N–H and O–H groups in total. The zero-order chi connectivity index (χ0) is 23.9. The molecule has 5 rings (SSSR count). The number of piperidine rings is 1. The average molecular weight is 571 g/mol. The number of aliphatic imine (C=N–C) groups is 1. The Morgan fingerprint density at radius 1 is 1.09 bits per heavy atom. The molecular weight excluding hydrogens is 549 g/mol. The number of hydrogen-bond acceptors (Lipinski definition) is 9. The number of carbonyl (C=O) groups is 2. The van der Waals surface area contributed by atoms with Gasteiger partial charge in [-0.1, -0.05) is 12.1 Å². The van der Waals surface area contributed by atoms with Crippen LogP contribution in [0.15, 0.2) is 41.5 Å². The summed E-state index contributed by atoms with van der Waals surface area (Å²) in [5.41, 5.74) is 12.6. The van der Waals surface area contributed by atoms with Crippen LogP contribution in [-0.4, -0.2) is 62.8 Å². The Balaban J connectivity index is 1.22. The molecule has 1 fully saturated rings. The van der Waals surface area contributed by atoms with Crippen LogP contribution in [0.3, 0.4) is 0 Å². The van der Waals surface area contributed by atoms with Crippen molar-refractivity contribution < 1.29 is 9.59 Å². The lowest BCUT2D eigenvalue weighted by Gasteiger charge is -2.39. The van der Waals surface area contributed by atoms with E-state index in [1.165, 1.54) is 0 Å². The number of guanidine groups is 1. The Hall–Kier alpha value is -3.55. The first-order valence-corrected chi connectivity index (χ1v) is 11.8. The number of anilines is 2. The fourth-order valence-electron chi connectivity index (χ4n) is 4.29. The number of carbonyl (C=O) groups excluding carboxylic acids is 2. The number of pyridine rings is 1. The highest BCUT2D eigenvalue weighted by molar-refractivity contribution is 14.1. The van der Waals surface area contributed by atoms with Gasteiger partial charge in [-0.3, -0.25) is 24.9 Å². The van der Waals surface area contributed by atoms with Crippen LogP contribution in [0.25, 0.3) is 10.9 Å². The molecule has 0 saturated carbocycles. The van der Waals surface area contributed by atoms with Gasteiger partial charge < -0.3 is 21.7 Å². The summed E-state index contributed by atoms with van der Waals surface area (Å²) in [5.74, 6) is -0.0283. The third kappa shape index (κ3) is 4.08. The van der Waals surface area contributed by atoms with E-state index in [0.29, 0.717) is 47.7 Å². The number of benzene rings is 1. The second kappa shape index (κ2) is 8.66. The van der Waals surface area contributed by atoms with Crippen LogP contribution in [-0.2, 0) is 0 Å². The zero-order valence-corrected chi connectivity index (χ0v) is 20.2. The molecular formula is C22H22IN9O2. The van der Waals surface area contributed by atoms with Crippen LogP contribution in [0, 0.1) is 3.70 Å². The second-order valence-corrected chi connectivity index (χ2v) is 9.35. The molecule has 0 aliphatic carbocycles. The summed E-state index contributed by atoms with van der Waals surface area (Å²) in [6.07, 6.45) is 3.12. The second-order valence-electron chi connectivity index (χ2n) is 8.33. The van der Waals surface area contributed by atoms with E-state index in [9.17, 15) is 9.59 Å². The van der Waals surface area contributed by atoms with Crippen LogP contribution >= 0.6 is 22.6 Å². The van der Waals surface area contributed by atoms with Gasteiger partial charge in [-0.05, 0) is 53.6 Å². The molecule has 174 valence electrons. The lowest BCUT2D eigenvalue weighted by Crippen LogP contribution is -2.57. The molecule has 1 saturated heterocycles. The average Bonchev–Trinajstić information content (AvgIpc) is 3.22. The highest BCUT2D eigenvalue weighted by Crippen LogP contribution is 2.28. The van der Waals surface area contributed by atoms with E-state index in [0.717, 1.165) is 10.9 Å². The van der Waals surface area contributed by atoms with Crippen molar-refractivity contribution >= 4 is 62.9 Å². The predicted molar refractivity (Wildman–Crippen MR) is 136 cm³/mol. The maximum Gasteiger partial charge on any atom is 0.280 e. The molecule has 2 aromatic heterocycles. The molecule has 0 radical (unpaired) electrons. The first-order valence-electron chi connectivity index (χ1n) is 10.7. The zero-order valence-electron chi connectivity index (χ0n) is 18.1. The number of nitrogens with two attached hydrogens (primary N) is 2. The van der Waals surface area contributed by atoms with Gasteiger partial charge in [-0.25, -0.2) is 9.97 Å². The fourth-order valence-corrected chi connectivity index (χ4v) is 4.65. The molecule has 12 heteroatoms. The molecule has 11 nitrogen and oxygen atoms in total. The fraction of sp³-hybridized carbons (Fsp3) is 0.273. The van der Waals surface area contributed by atoms with Gasteiger partial charge >= 0.3 is 0 Å². The Bertz CT molecular complexity index is 1330. The van der Waals surface area contributed by atoms with Gasteiger partial charge in [0.25, 0.3) is 11.8 Å². The van der Waals surface area contributed by atoms with Crippen LogP contribution in [0.2, 0.25) is 0 Å². The van der Waals surface area contributed by atoms with Crippen molar-refractivity contribution in [2.24, 2.45) is 4.99 Å². The number of nitrogens with one attached hydrogen (secondary N) is 2. The lowest BCUT2D eigenvalue weighted by molar-refractivity contribution is 0.0670. The lowest BCUT2D eigenvalue weighted by atomic mass is 9.88. The van der Waals surface area contributed by atoms with Gasteiger partial charge in [-0.2, -0.15) is 0 Å². The molecule has 1 aromatic carbocycles. The SMILES string of the molecule is Nc1nc(N)c(C(=O)NC2=NCC3(CCN(C(=O)c4cccc5ncccc45)CC3)N2)nc1I. The monoisotopic (exact) mass is 571 g/mol. The highest BCUT2D eigenvalue weighted by Gasteiger charge is 2.40. The number of nitrogen functional groups attached to an aromatic ring is 2. The molecule has 0 unspecified atom stereocenters. The van der Waals surface area contributed by atoms with Gasteiger partial charge in [0, 0.05) is 30.2 Å². The quantitative estimate of drug-likeness (QED) is 0.333. The van der Waals surface area contributed by atoms with Crippen LogP contribution in [0.1, 0.15) is 33.7 Å². The molecule has 2 aliphatic rings. The van der Waals surface area contributed by atoms with E-state index in [4.69, 9.17) is 11.5 Å². The standard InChI is InChI=1S/C22H22IN9O2/c23-16-18(25)29-17(24)15(28-16)19(33)30-21-27-11-22(31-21)6-9-32(10-7-22)20(34)13-3-1-5-14-12(13)4-2-8-26-14/h1-5,8H,6-7,9-11H2,(H4,24,25,29)(H2,27,30,31,33). The molecule has 2 amide bonds. The maximum atomic E-state index is 13.2. The predicted octanol–water partition coefficient (Wildman–Crippen LogP) is 1.16. The van der Waals surface area contributed by atoms with E-state index in [1.54, 1.807) is 6.20 Å². The number of amides is 2. The Kier molecular flexibility index (Phi) is 5.67. The Morgan fingerprint density at radius 3 is 2.68 bits per heavy atom. The molecule has 34 heavy (non-hydrogen) atoms. The van der Waals surface area contributed by atoms with Crippen molar-refractivity contribution in [2.75, 3.05) is 31.1 Å². The van der Waals surface area contributed by atoms with Crippen molar-refractivity contribution in [1.82, 2.24) is 30.5 Å². The van der Waals surface area contributed by atoms with Gasteiger partial charge in [0.15, 0.2) is 23.3 Å². The van der Waals surface area contributed by atoms with Crippen LogP contribution < -0.4 is 22.1 Å².